The molecule has 0 spiro atoms. The van der Waals surface area contributed by atoms with Gasteiger partial charge >= 0.3 is 0 Å². The van der Waals surface area contributed by atoms with E-state index in [2.05, 4.69) is 104 Å². The van der Waals surface area contributed by atoms with E-state index in [1.54, 1.807) is 6.08 Å². The number of unbranched alkanes of at least 4 members (excludes halogenated alkanes) is 35. The SMILES string of the molecule is CC/C=C\C/C=C\C/C=C\C/C=C\C/C=C\CCCCCCCCCCCCCCCCCCCCCCCCCCCC(=O)NC(COP(=O)([O-])OCC[N+](C)(C)C)C(O)/C=C/CC/C=C/CC/C=C/CCCCCCCCCC. The number of phosphoric ester groups is 1. The van der Waals surface area contributed by atoms with Gasteiger partial charge in [-0.05, 0) is 89.9 Å². The van der Waals surface area contributed by atoms with Crippen molar-refractivity contribution in [2.75, 3.05) is 40.9 Å². The molecule has 9 heteroatoms. The first-order valence-corrected chi connectivity index (χ1v) is 35.6. The van der Waals surface area contributed by atoms with E-state index in [4.69, 9.17) is 9.05 Å². The number of phosphoric acid groups is 1. The fourth-order valence-corrected chi connectivity index (χ4v) is 10.5. The molecular weight excluding hydrogens is 1020 g/mol. The van der Waals surface area contributed by atoms with Gasteiger partial charge in [0.05, 0.1) is 39.9 Å². The average molecular weight is 1150 g/mol. The number of amides is 1. The van der Waals surface area contributed by atoms with Gasteiger partial charge in [0, 0.05) is 6.42 Å². The number of nitrogens with zero attached hydrogens (tertiary/aromatic N) is 1. The molecule has 0 aliphatic carbocycles. The lowest BCUT2D eigenvalue weighted by Crippen LogP contribution is -2.45. The van der Waals surface area contributed by atoms with Gasteiger partial charge in [-0.2, -0.15) is 0 Å². The van der Waals surface area contributed by atoms with Gasteiger partial charge in [-0.25, -0.2) is 0 Å². The fourth-order valence-electron chi connectivity index (χ4n) is 9.74. The van der Waals surface area contributed by atoms with Crippen LogP contribution in [-0.2, 0) is 18.4 Å². The van der Waals surface area contributed by atoms with Crippen LogP contribution in [0.25, 0.3) is 0 Å². The van der Waals surface area contributed by atoms with Crippen LogP contribution in [0.5, 0.6) is 0 Å². The summed E-state index contributed by atoms with van der Waals surface area (Å²) in [7, 11) is 1.24. The zero-order valence-electron chi connectivity index (χ0n) is 53.7. The van der Waals surface area contributed by atoms with E-state index >= 15 is 0 Å². The van der Waals surface area contributed by atoms with Crippen molar-refractivity contribution in [1.82, 2.24) is 5.32 Å². The van der Waals surface area contributed by atoms with Crippen LogP contribution in [0, 0.1) is 0 Å². The summed E-state index contributed by atoms with van der Waals surface area (Å²) in [5.41, 5.74) is 0. The van der Waals surface area contributed by atoms with Crippen LogP contribution >= 0.6 is 7.82 Å². The van der Waals surface area contributed by atoms with Crippen LogP contribution in [0.2, 0.25) is 0 Å². The first-order chi connectivity index (χ1) is 39.5. The van der Waals surface area contributed by atoms with Crippen LogP contribution in [-0.4, -0.2) is 68.5 Å². The standard InChI is InChI=1S/C72H131N2O6P/c1-6-8-10-12-14-16-18-20-22-24-26-27-28-29-30-31-32-33-34-35-36-37-38-39-40-41-42-43-44-45-46-47-48-50-52-54-56-58-60-62-64-66-72(76)73-70(69-80-81(77,78)79-68-67-74(3,4)5)71(75)65-63-61-59-57-55-53-51-49-25-23-21-19-17-15-13-11-9-7-2/h8,10,14,16,20,22,25-27,29-30,49,55,57,63,65,70-71,75H,6-7,9,11-13,15,17-19,21,23-24,28,31-48,50-54,56,58-62,64,66-69H2,1-5H3,(H-,73,76,77,78)/b10-8-,16-14-,22-20-,27-26-,30-29-,49-25+,57-55+,65-63+. The summed E-state index contributed by atoms with van der Waals surface area (Å²) in [6.07, 6.45) is 89.7. The molecule has 0 aromatic heterocycles. The lowest BCUT2D eigenvalue weighted by Gasteiger charge is -2.29. The number of quaternary nitrogens is 1. The number of hydrogen-bond acceptors (Lipinski definition) is 6. The second-order valence-corrected chi connectivity index (χ2v) is 25.5. The molecule has 0 aromatic carbocycles. The molecule has 0 aliphatic heterocycles. The maximum Gasteiger partial charge on any atom is 0.268 e. The number of rotatable bonds is 62. The second-order valence-electron chi connectivity index (χ2n) is 24.1. The quantitative estimate of drug-likeness (QED) is 0.0272. The van der Waals surface area contributed by atoms with E-state index in [0.717, 1.165) is 77.0 Å². The van der Waals surface area contributed by atoms with Crippen molar-refractivity contribution in [2.24, 2.45) is 0 Å². The Morgan fingerprint density at radius 2 is 0.765 bits per heavy atom. The number of likely N-dealkylation sites (N-methyl/N-ethyl adjacent to an activating group) is 1. The smallest absolute Gasteiger partial charge is 0.268 e. The molecule has 3 atom stereocenters. The summed E-state index contributed by atoms with van der Waals surface area (Å²) in [5.74, 6) is -0.209. The van der Waals surface area contributed by atoms with Gasteiger partial charge in [-0.3, -0.25) is 9.36 Å². The van der Waals surface area contributed by atoms with Crippen LogP contribution in [0.15, 0.2) is 97.2 Å². The monoisotopic (exact) mass is 1150 g/mol. The summed E-state index contributed by atoms with van der Waals surface area (Å²) in [4.78, 5) is 25.6. The van der Waals surface area contributed by atoms with E-state index in [-0.39, 0.29) is 12.5 Å². The summed E-state index contributed by atoms with van der Waals surface area (Å²) >= 11 is 0. The van der Waals surface area contributed by atoms with E-state index in [1.807, 2.05) is 27.2 Å². The van der Waals surface area contributed by atoms with Gasteiger partial charge in [-0.1, -0.05) is 304 Å². The minimum absolute atomic E-state index is 0.0101. The Morgan fingerprint density at radius 1 is 0.444 bits per heavy atom. The molecule has 0 radical (unpaired) electrons. The Balaban J connectivity index is 3.96. The van der Waals surface area contributed by atoms with Crippen LogP contribution < -0.4 is 10.2 Å². The highest BCUT2D eigenvalue weighted by molar-refractivity contribution is 7.45. The molecule has 0 saturated carbocycles. The van der Waals surface area contributed by atoms with Crippen LogP contribution in [0.1, 0.15) is 303 Å². The van der Waals surface area contributed by atoms with Crippen LogP contribution in [0.4, 0.5) is 0 Å². The number of aliphatic hydroxyl groups excluding tert-OH is 1. The van der Waals surface area contributed by atoms with Gasteiger partial charge in [0.2, 0.25) is 5.91 Å². The number of carbonyl (C=O) groups excluding carboxylic acids is 1. The van der Waals surface area contributed by atoms with Crippen molar-refractivity contribution in [3.05, 3.63) is 97.2 Å². The van der Waals surface area contributed by atoms with Crippen molar-refractivity contribution in [2.45, 2.75) is 315 Å². The maximum absolute atomic E-state index is 13.0. The molecule has 0 aromatic rings. The number of carbonyl (C=O) groups is 1. The molecule has 0 bridgehead atoms. The van der Waals surface area contributed by atoms with Gasteiger partial charge in [-0.15, -0.1) is 0 Å². The third-order valence-electron chi connectivity index (χ3n) is 15.0. The molecule has 0 rings (SSSR count). The minimum atomic E-state index is -4.61. The Bertz CT molecular complexity index is 1640. The first-order valence-electron chi connectivity index (χ1n) is 34.1. The highest BCUT2D eigenvalue weighted by Crippen LogP contribution is 2.38. The van der Waals surface area contributed by atoms with Crippen molar-refractivity contribution in [3.8, 4) is 0 Å². The normalized spacial score (nSPS) is 14.3. The number of nitrogens with one attached hydrogen (secondary N) is 1. The molecule has 81 heavy (non-hydrogen) atoms. The highest BCUT2D eigenvalue weighted by Gasteiger charge is 2.23. The summed E-state index contributed by atoms with van der Waals surface area (Å²) in [6, 6.07) is -0.912. The summed E-state index contributed by atoms with van der Waals surface area (Å²) in [6.45, 7) is 4.52. The average Bonchev–Trinajstić information content (AvgIpc) is 3.43. The summed E-state index contributed by atoms with van der Waals surface area (Å²) in [5, 5.41) is 13.9. The predicted molar refractivity (Wildman–Crippen MR) is 353 cm³/mol. The van der Waals surface area contributed by atoms with E-state index in [9.17, 15) is 19.4 Å². The van der Waals surface area contributed by atoms with E-state index in [1.165, 1.54) is 205 Å². The Morgan fingerprint density at radius 3 is 1.15 bits per heavy atom. The summed E-state index contributed by atoms with van der Waals surface area (Å²) < 4.78 is 23.4. The van der Waals surface area contributed by atoms with Crippen molar-refractivity contribution < 1.29 is 32.9 Å². The number of hydrogen-bond donors (Lipinski definition) is 2. The molecule has 0 aliphatic rings. The zero-order valence-corrected chi connectivity index (χ0v) is 54.6. The lowest BCUT2D eigenvalue weighted by molar-refractivity contribution is -0.870. The van der Waals surface area contributed by atoms with Crippen molar-refractivity contribution in [1.29, 1.82) is 0 Å². The molecule has 8 nitrogen and oxygen atoms in total. The van der Waals surface area contributed by atoms with Gasteiger partial charge < -0.3 is 28.8 Å². The largest absolute Gasteiger partial charge is 0.756 e. The Labute approximate surface area is 502 Å². The second kappa shape index (κ2) is 62.0. The molecule has 0 heterocycles. The van der Waals surface area contributed by atoms with Gasteiger partial charge in [0.15, 0.2) is 0 Å². The molecule has 0 saturated heterocycles. The van der Waals surface area contributed by atoms with Crippen molar-refractivity contribution >= 4 is 13.7 Å². The third-order valence-corrected chi connectivity index (χ3v) is 16.0. The molecule has 2 N–H and O–H groups in total. The third kappa shape index (κ3) is 64.8. The van der Waals surface area contributed by atoms with E-state index < -0.39 is 26.6 Å². The molecule has 0 fully saturated rings. The molecular formula is C72H131N2O6P. The van der Waals surface area contributed by atoms with Gasteiger partial charge in [0.25, 0.3) is 7.82 Å². The number of allylic oxidation sites excluding steroid dienone is 15. The molecule has 470 valence electrons. The first kappa shape index (κ1) is 78.4. The molecule has 1 amide bonds. The van der Waals surface area contributed by atoms with E-state index in [0.29, 0.717) is 17.4 Å². The maximum atomic E-state index is 13.0. The van der Waals surface area contributed by atoms with Gasteiger partial charge in [0.1, 0.15) is 13.2 Å². The Kier molecular flexibility index (Phi) is 60.0. The number of aliphatic hydroxyl groups is 1. The zero-order chi connectivity index (χ0) is 59.1. The topological polar surface area (TPSA) is 108 Å². The fraction of sp³-hybridized carbons (Fsp3) is 0.764. The van der Waals surface area contributed by atoms with Crippen molar-refractivity contribution in [3.63, 3.8) is 0 Å². The predicted octanol–water partition coefficient (Wildman–Crippen LogP) is 21.1. The Hall–Kier alpha value is -2.58. The highest BCUT2D eigenvalue weighted by atomic mass is 31.2. The lowest BCUT2D eigenvalue weighted by atomic mass is 10.0. The molecule has 3 unspecified atom stereocenters. The van der Waals surface area contributed by atoms with Crippen LogP contribution in [0.3, 0.4) is 0 Å². The minimum Gasteiger partial charge on any atom is -0.756 e.